The first-order valence-electron chi connectivity index (χ1n) is 12.5. The number of nitrogens with zero attached hydrogens (tertiary/aromatic N) is 1. The first-order chi connectivity index (χ1) is 18.4. The molecule has 1 unspecified atom stereocenters. The molecule has 0 aromatic heterocycles. The van der Waals surface area contributed by atoms with Crippen molar-refractivity contribution in [2.24, 2.45) is 0 Å². The number of methoxy groups -OCH3 is 2. The highest BCUT2D eigenvalue weighted by atomic mass is 16.5. The van der Waals surface area contributed by atoms with Gasteiger partial charge in [-0.3, -0.25) is 9.59 Å². The monoisotopic (exact) mass is 507 g/mol. The van der Waals surface area contributed by atoms with Gasteiger partial charge in [-0.1, -0.05) is 78.4 Å². The van der Waals surface area contributed by atoms with Gasteiger partial charge in [0.05, 0.1) is 25.8 Å². The predicted molar refractivity (Wildman–Crippen MR) is 147 cm³/mol. The van der Waals surface area contributed by atoms with E-state index in [9.17, 15) is 14.7 Å². The van der Waals surface area contributed by atoms with Crippen LogP contribution in [-0.4, -0.2) is 42.5 Å². The Balaban J connectivity index is 1.59. The zero-order chi connectivity index (χ0) is 26.8. The number of Topliss-reactive ketones (excluding diaryl/α,β-unsaturated/α-hetero) is 1. The van der Waals surface area contributed by atoms with Crippen molar-refractivity contribution in [1.29, 1.82) is 0 Å². The van der Waals surface area contributed by atoms with Gasteiger partial charge in [0.25, 0.3) is 11.7 Å². The minimum atomic E-state index is -0.714. The van der Waals surface area contributed by atoms with Gasteiger partial charge in [-0.15, -0.1) is 0 Å². The molecule has 6 heteroatoms. The number of rotatable bonds is 7. The van der Waals surface area contributed by atoms with E-state index in [0.717, 1.165) is 27.5 Å². The molecule has 1 atom stereocenters. The molecule has 0 radical (unpaired) electrons. The predicted octanol–water partition coefficient (Wildman–Crippen LogP) is 5.83. The van der Waals surface area contributed by atoms with Gasteiger partial charge in [0.15, 0.2) is 11.5 Å². The Hall–Kier alpha value is -4.58. The Morgan fingerprint density at radius 1 is 0.868 bits per heavy atom. The molecule has 5 rings (SSSR count). The van der Waals surface area contributed by atoms with E-state index < -0.39 is 17.7 Å². The molecule has 0 bridgehead atoms. The molecule has 0 saturated carbocycles. The zero-order valence-electron chi connectivity index (χ0n) is 21.6. The van der Waals surface area contributed by atoms with Crippen molar-refractivity contribution in [3.05, 3.63) is 113 Å². The van der Waals surface area contributed by atoms with E-state index in [1.165, 1.54) is 0 Å². The first kappa shape index (κ1) is 25.1. The standard InChI is InChI=1S/C32H29NO5/c1-20-8-6-11-23(18-20)29-28(30(34)25-13-7-10-22-9-4-5-12-24(22)25)31(35)32(36)33(29)17-16-21-14-15-26(37-2)27(19-21)38-3/h4-15,18-19,29,34H,16-17H2,1-3H3/b30-28-. The lowest BCUT2D eigenvalue weighted by Crippen LogP contribution is -2.31. The van der Waals surface area contributed by atoms with Gasteiger partial charge in [0.1, 0.15) is 5.76 Å². The van der Waals surface area contributed by atoms with E-state index in [-0.39, 0.29) is 17.9 Å². The van der Waals surface area contributed by atoms with Crippen LogP contribution in [0.2, 0.25) is 0 Å². The molecular weight excluding hydrogens is 478 g/mol. The summed E-state index contributed by atoms with van der Waals surface area (Å²) in [4.78, 5) is 28.5. The van der Waals surface area contributed by atoms with E-state index in [1.54, 1.807) is 25.2 Å². The number of ketones is 1. The van der Waals surface area contributed by atoms with E-state index >= 15 is 0 Å². The Morgan fingerprint density at radius 2 is 1.61 bits per heavy atom. The number of hydrogen-bond donors (Lipinski definition) is 1. The molecule has 1 amide bonds. The molecule has 0 aliphatic carbocycles. The summed E-state index contributed by atoms with van der Waals surface area (Å²) in [6.45, 7) is 2.25. The summed E-state index contributed by atoms with van der Waals surface area (Å²) in [7, 11) is 3.15. The van der Waals surface area contributed by atoms with Crippen molar-refractivity contribution in [2.45, 2.75) is 19.4 Å². The smallest absolute Gasteiger partial charge is 0.295 e. The quantitative estimate of drug-likeness (QED) is 0.194. The lowest BCUT2D eigenvalue weighted by atomic mass is 9.92. The summed E-state index contributed by atoms with van der Waals surface area (Å²) < 4.78 is 10.8. The van der Waals surface area contributed by atoms with Crippen molar-refractivity contribution in [1.82, 2.24) is 4.90 Å². The Bertz CT molecular complexity index is 1570. The molecule has 1 aliphatic rings. The fourth-order valence-corrected chi connectivity index (χ4v) is 5.16. The molecule has 6 nitrogen and oxygen atoms in total. The summed E-state index contributed by atoms with van der Waals surface area (Å²) in [5, 5.41) is 13.3. The van der Waals surface area contributed by atoms with Crippen LogP contribution < -0.4 is 9.47 Å². The Kier molecular flexibility index (Phi) is 6.88. The SMILES string of the molecule is COc1ccc(CCN2C(=O)C(=O)/C(=C(\O)c3cccc4ccccc34)C2c2cccc(C)c2)cc1OC. The van der Waals surface area contributed by atoms with Crippen LogP contribution in [-0.2, 0) is 16.0 Å². The summed E-state index contributed by atoms with van der Waals surface area (Å²) in [6.07, 6.45) is 0.490. The highest BCUT2D eigenvalue weighted by Crippen LogP contribution is 2.41. The van der Waals surface area contributed by atoms with Crippen LogP contribution in [0.3, 0.4) is 0 Å². The largest absolute Gasteiger partial charge is 0.507 e. The van der Waals surface area contributed by atoms with Gasteiger partial charge >= 0.3 is 0 Å². The van der Waals surface area contributed by atoms with Gasteiger partial charge in [-0.25, -0.2) is 0 Å². The molecule has 4 aromatic rings. The summed E-state index contributed by atoms with van der Waals surface area (Å²) in [5.74, 6) is -0.266. The van der Waals surface area contributed by atoms with Crippen molar-refractivity contribution >= 4 is 28.2 Å². The van der Waals surface area contributed by atoms with Crippen molar-refractivity contribution < 1.29 is 24.2 Å². The molecule has 1 heterocycles. The normalized spacial score (nSPS) is 16.7. The van der Waals surface area contributed by atoms with E-state index in [1.807, 2.05) is 85.8 Å². The van der Waals surface area contributed by atoms with Gasteiger partial charge in [-0.2, -0.15) is 0 Å². The highest BCUT2D eigenvalue weighted by molar-refractivity contribution is 6.46. The van der Waals surface area contributed by atoms with Crippen molar-refractivity contribution in [2.75, 3.05) is 20.8 Å². The summed E-state index contributed by atoms with van der Waals surface area (Å²) in [5.41, 5.74) is 3.33. The second-order valence-electron chi connectivity index (χ2n) is 9.37. The van der Waals surface area contributed by atoms with E-state index in [4.69, 9.17) is 9.47 Å². The Morgan fingerprint density at radius 3 is 2.37 bits per heavy atom. The molecular formula is C32H29NO5. The van der Waals surface area contributed by atoms with Crippen LogP contribution >= 0.6 is 0 Å². The molecule has 192 valence electrons. The fraction of sp³-hybridized carbons (Fsp3) is 0.188. The van der Waals surface area contributed by atoms with Crippen LogP contribution in [0.25, 0.3) is 16.5 Å². The maximum atomic E-state index is 13.5. The molecule has 1 aliphatic heterocycles. The van der Waals surface area contributed by atoms with Crippen molar-refractivity contribution in [3.8, 4) is 11.5 Å². The van der Waals surface area contributed by atoms with E-state index in [0.29, 0.717) is 23.5 Å². The summed E-state index contributed by atoms with van der Waals surface area (Å²) in [6, 6.07) is 25.8. The van der Waals surface area contributed by atoms with Crippen LogP contribution in [0.4, 0.5) is 0 Å². The third-order valence-electron chi connectivity index (χ3n) is 7.03. The maximum Gasteiger partial charge on any atom is 0.295 e. The second kappa shape index (κ2) is 10.4. The van der Waals surface area contributed by atoms with Crippen molar-refractivity contribution in [3.63, 3.8) is 0 Å². The molecule has 1 saturated heterocycles. The topological polar surface area (TPSA) is 76.1 Å². The number of carbonyl (C=O) groups excluding carboxylic acids is 2. The lowest BCUT2D eigenvalue weighted by Gasteiger charge is -2.26. The number of benzene rings is 4. The molecule has 0 spiro atoms. The average Bonchev–Trinajstić information content (AvgIpc) is 3.20. The zero-order valence-corrected chi connectivity index (χ0v) is 21.6. The Labute approximate surface area is 221 Å². The number of aryl methyl sites for hydroxylation is 1. The molecule has 1 fully saturated rings. The fourth-order valence-electron chi connectivity index (χ4n) is 5.16. The number of ether oxygens (including phenoxy) is 2. The van der Waals surface area contributed by atoms with Gasteiger partial charge in [0.2, 0.25) is 0 Å². The number of aliphatic hydroxyl groups excluding tert-OH is 1. The number of fused-ring (bicyclic) bond motifs is 1. The van der Waals surface area contributed by atoms with E-state index in [2.05, 4.69) is 0 Å². The number of hydrogen-bond acceptors (Lipinski definition) is 5. The third-order valence-corrected chi connectivity index (χ3v) is 7.03. The summed E-state index contributed by atoms with van der Waals surface area (Å²) >= 11 is 0. The highest BCUT2D eigenvalue weighted by Gasteiger charge is 2.46. The first-order valence-corrected chi connectivity index (χ1v) is 12.5. The van der Waals surface area contributed by atoms with Gasteiger partial charge in [-0.05, 0) is 47.4 Å². The number of amides is 1. The van der Waals surface area contributed by atoms with Crippen LogP contribution in [0, 0.1) is 6.92 Å². The second-order valence-corrected chi connectivity index (χ2v) is 9.37. The maximum absolute atomic E-state index is 13.5. The lowest BCUT2D eigenvalue weighted by molar-refractivity contribution is -0.139. The molecule has 38 heavy (non-hydrogen) atoms. The van der Waals surface area contributed by atoms with Gasteiger partial charge < -0.3 is 19.5 Å². The average molecular weight is 508 g/mol. The molecule has 4 aromatic carbocycles. The minimum Gasteiger partial charge on any atom is -0.507 e. The number of aliphatic hydroxyl groups is 1. The number of carbonyl (C=O) groups is 2. The minimum absolute atomic E-state index is 0.101. The third kappa shape index (κ3) is 4.50. The van der Waals surface area contributed by atoms with Gasteiger partial charge in [0, 0.05) is 12.1 Å². The molecule has 1 N–H and O–H groups in total. The number of likely N-dealkylation sites (tertiary alicyclic amines) is 1. The van der Waals surface area contributed by atoms with Crippen LogP contribution in [0.1, 0.15) is 28.3 Å². The van der Waals surface area contributed by atoms with Crippen LogP contribution in [0.15, 0.2) is 90.5 Å². The van der Waals surface area contributed by atoms with Crippen LogP contribution in [0.5, 0.6) is 11.5 Å².